The van der Waals surface area contributed by atoms with E-state index in [9.17, 15) is 9.18 Å². The van der Waals surface area contributed by atoms with Crippen molar-refractivity contribution in [3.05, 3.63) is 59.4 Å². The van der Waals surface area contributed by atoms with Gasteiger partial charge in [-0.1, -0.05) is 18.2 Å². The van der Waals surface area contributed by atoms with Gasteiger partial charge in [0, 0.05) is 21.9 Å². The van der Waals surface area contributed by atoms with E-state index >= 15 is 0 Å². The summed E-state index contributed by atoms with van der Waals surface area (Å²) in [5.74, 6) is -0.296. The summed E-state index contributed by atoms with van der Waals surface area (Å²) in [7, 11) is 0. The molecule has 0 aliphatic rings. The molecule has 1 amide bonds. The molecule has 2 aromatic rings. The van der Waals surface area contributed by atoms with Crippen molar-refractivity contribution in [2.45, 2.75) is 10.6 Å². The third-order valence-electron chi connectivity index (χ3n) is 2.64. The molecule has 5 heteroatoms. The second-order valence-corrected chi connectivity index (χ2v) is 5.01. The van der Waals surface area contributed by atoms with E-state index in [0.29, 0.717) is 21.9 Å². The number of halogens is 1. The minimum atomic E-state index is -0.469. The Morgan fingerprint density at radius 1 is 1.21 bits per heavy atom. The number of benzene rings is 2. The van der Waals surface area contributed by atoms with Crippen LogP contribution in [-0.4, -0.2) is 5.91 Å². The van der Waals surface area contributed by atoms with E-state index < -0.39 is 5.91 Å². The topological polar surface area (TPSA) is 69.1 Å². The van der Waals surface area contributed by atoms with Gasteiger partial charge < -0.3 is 11.5 Å². The molecule has 0 aromatic heterocycles. The highest BCUT2D eigenvalue weighted by atomic mass is 32.2. The fourth-order valence-electron chi connectivity index (χ4n) is 1.68. The van der Waals surface area contributed by atoms with Crippen LogP contribution in [0.2, 0.25) is 0 Å². The van der Waals surface area contributed by atoms with Crippen molar-refractivity contribution >= 4 is 23.4 Å². The van der Waals surface area contributed by atoms with Gasteiger partial charge in [-0.25, -0.2) is 4.39 Å². The first-order chi connectivity index (χ1) is 9.08. The molecule has 0 radical (unpaired) electrons. The molecule has 0 unspecified atom stereocenters. The number of rotatable bonds is 4. The normalized spacial score (nSPS) is 10.4. The van der Waals surface area contributed by atoms with E-state index in [-0.39, 0.29) is 5.82 Å². The van der Waals surface area contributed by atoms with Gasteiger partial charge in [0.1, 0.15) is 5.82 Å². The zero-order chi connectivity index (χ0) is 13.8. The lowest BCUT2D eigenvalue weighted by molar-refractivity contribution is 0.0999. The molecule has 98 valence electrons. The Morgan fingerprint density at radius 2 is 1.95 bits per heavy atom. The SMILES string of the molecule is NC(=O)c1ccccc1CSc1cc(F)ccc1N. The van der Waals surface area contributed by atoms with Gasteiger partial charge in [-0.05, 0) is 29.8 Å². The number of carbonyl (C=O) groups is 1. The summed E-state index contributed by atoms with van der Waals surface area (Å²) in [6, 6.07) is 11.3. The van der Waals surface area contributed by atoms with Crippen molar-refractivity contribution in [3.63, 3.8) is 0 Å². The van der Waals surface area contributed by atoms with Gasteiger partial charge in [0.25, 0.3) is 0 Å². The highest BCUT2D eigenvalue weighted by molar-refractivity contribution is 7.98. The molecule has 0 fully saturated rings. The molecule has 0 saturated carbocycles. The van der Waals surface area contributed by atoms with Crippen molar-refractivity contribution in [1.29, 1.82) is 0 Å². The molecule has 0 heterocycles. The molecular weight excluding hydrogens is 263 g/mol. The van der Waals surface area contributed by atoms with Crippen LogP contribution in [0.15, 0.2) is 47.4 Å². The average Bonchev–Trinajstić information content (AvgIpc) is 2.40. The van der Waals surface area contributed by atoms with E-state index in [0.717, 1.165) is 5.56 Å². The Morgan fingerprint density at radius 3 is 2.68 bits per heavy atom. The van der Waals surface area contributed by atoms with Crippen molar-refractivity contribution in [2.75, 3.05) is 5.73 Å². The first-order valence-electron chi connectivity index (χ1n) is 5.63. The predicted molar refractivity (Wildman–Crippen MR) is 75.3 cm³/mol. The predicted octanol–water partition coefficient (Wildman–Crippen LogP) is 2.80. The minimum absolute atomic E-state index is 0.333. The van der Waals surface area contributed by atoms with E-state index in [1.807, 2.05) is 12.1 Å². The van der Waals surface area contributed by atoms with Crippen LogP contribution >= 0.6 is 11.8 Å². The highest BCUT2D eigenvalue weighted by Gasteiger charge is 2.09. The number of nitrogens with two attached hydrogens (primary N) is 2. The smallest absolute Gasteiger partial charge is 0.249 e. The second-order valence-electron chi connectivity index (χ2n) is 3.99. The quantitative estimate of drug-likeness (QED) is 0.666. The summed E-state index contributed by atoms with van der Waals surface area (Å²) in [5, 5.41) is 0. The summed E-state index contributed by atoms with van der Waals surface area (Å²) in [5.41, 5.74) is 12.9. The third kappa shape index (κ3) is 3.26. The molecule has 0 spiro atoms. The maximum atomic E-state index is 13.1. The fraction of sp³-hybridized carbons (Fsp3) is 0.0714. The number of nitrogen functional groups attached to an aromatic ring is 1. The average molecular weight is 276 g/mol. The fourth-order valence-corrected chi connectivity index (χ4v) is 2.67. The molecular formula is C14H13FN2OS. The first-order valence-corrected chi connectivity index (χ1v) is 6.62. The van der Waals surface area contributed by atoms with Crippen LogP contribution < -0.4 is 11.5 Å². The van der Waals surface area contributed by atoms with Crippen LogP contribution in [0.25, 0.3) is 0 Å². The summed E-state index contributed by atoms with van der Waals surface area (Å²) >= 11 is 1.37. The second kappa shape index (κ2) is 5.75. The Bertz CT molecular complexity index is 616. The van der Waals surface area contributed by atoms with Gasteiger partial charge in [-0.2, -0.15) is 0 Å². The van der Waals surface area contributed by atoms with Crippen LogP contribution in [-0.2, 0) is 5.75 Å². The van der Waals surface area contributed by atoms with Crippen molar-refractivity contribution in [2.24, 2.45) is 5.73 Å². The van der Waals surface area contributed by atoms with Crippen LogP contribution in [0, 0.1) is 5.82 Å². The molecule has 4 N–H and O–H groups in total. The Labute approximate surface area is 114 Å². The summed E-state index contributed by atoms with van der Waals surface area (Å²) in [6.07, 6.45) is 0. The van der Waals surface area contributed by atoms with Gasteiger partial charge in [0.05, 0.1) is 0 Å². The highest BCUT2D eigenvalue weighted by Crippen LogP contribution is 2.29. The monoisotopic (exact) mass is 276 g/mol. The van der Waals surface area contributed by atoms with Gasteiger partial charge >= 0.3 is 0 Å². The molecule has 2 aromatic carbocycles. The van der Waals surface area contributed by atoms with E-state index in [1.54, 1.807) is 12.1 Å². The zero-order valence-electron chi connectivity index (χ0n) is 10.1. The molecule has 0 bridgehead atoms. The molecule has 19 heavy (non-hydrogen) atoms. The van der Waals surface area contributed by atoms with Crippen molar-refractivity contribution < 1.29 is 9.18 Å². The summed E-state index contributed by atoms with van der Waals surface area (Å²) < 4.78 is 13.1. The first kappa shape index (κ1) is 13.4. The molecule has 3 nitrogen and oxygen atoms in total. The maximum Gasteiger partial charge on any atom is 0.249 e. The van der Waals surface area contributed by atoms with E-state index in [4.69, 9.17) is 11.5 Å². The van der Waals surface area contributed by atoms with Crippen molar-refractivity contribution in [1.82, 2.24) is 0 Å². The molecule has 0 aliphatic heterocycles. The summed E-state index contributed by atoms with van der Waals surface area (Å²) in [6.45, 7) is 0. The van der Waals surface area contributed by atoms with Gasteiger partial charge in [0.2, 0.25) is 5.91 Å². The van der Waals surface area contributed by atoms with Gasteiger partial charge in [-0.15, -0.1) is 11.8 Å². The van der Waals surface area contributed by atoms with Gasteiger partial charge in [-0.3, -0.25) is 4.79 Å². The third-order valence-corrected chi connectivity index (χ3v) is 3.76. The standard InChI is InChI=1S/C14H13FN2OS/c15-10-5-6-12(16)13(7-10)19-8-9-3-1-2-4-11(9)14(17)18/h1-7H,8,16H2,(H2,17,18). The zero-order valence-corrected chi connectivity index (χ0v) is 10.9. The number of hydrogen-bond acceptors (Lipinski definition) is 3. The number of anilines is 1. The van der Waals surface area contributed by atoms with Crippen LogP contribution in [0.3, 0.4) is 0 Å². The van der Waals surface area contributed by atoms with Crippen LogP contribution in [0.5, 0.6) is 0 Å². The molecule has 2 rings (SSSR count). The number of primary amides is 1. The number of hydrogen-bond donors (Lipinski definition) is 2. The lowest BCUT2D eigenvalue weighted by Crippen LogP contribution is -2.13. The van der Waals surface area contributed by atoms with Gasteiger partial charge in [0.15, 0.2) is 0 Å². The number of amides is 1. The number of thioether (sulfide) groups is 1. The van der Waals surface area contributed by atoms with E-state index in [1.165, 1.54) is 30.0 Å². The minimum Gasteiger partial charge on any atom is -0.398 e. The molecule has 0 saturated heterocycles. The lowest BCUT2D eigenvalue weighted by atomic mass is 10.1. The largest absolute Gasteiger partial charge is 0.398 e. The molecule has 0 aliphatic carbocycles. The van der Waals surface area contributed by atoms with Crippen molar-refractivity contribution in [3.8, 4) is 0 Å². The number of carbonyl (C=O) groups excluding carboxylic acids is 1. The van der Waals surface area contributed by atoms with E-state index in [2.05, 4.69) is 0 Å². The molecule has 0 atom stereocenters. The van der Waals surface area contributed by atoms with Crippen LogP contribution in [0.1, 0.15) is 15.9 Å². The lowest BCUT2D eigenvalue weighted by Gasteiger charge is -2.08. The Balaban J connectivity index is 2.19. The summed E-state index contributed by atoms with van der Waals surface area (Å²) in [4.78, 5) is 11.9. The maximum absolute atomic E-state index is 13.1. The van der Waals surface area contributed by atoms with Crippen LogP contribution in [0.4, 0.5) is 10.1 Å². The Hall–Kier alpha value is -2.01. The Kier molecular flexibility index (Phi) is 4.06.